The van der Waals surface area contributed by atoms with Crippen molar-refractivity contribution in [2.75, 3.05) is 28.6 Å². The molecule has 24 heavy (non-hydrogen) atoms. The first kappa shape index (κ1) is 19.8. The predicted molar refractivity (Wildman–Crippen MR) is 95.3 cm³/mol. The number of nitrogens with one attached hydrogen (secondary N) is 2. The third-order valence-electron chi connectivity index (χ3n) is 3.94. The zero-order chi connectivity index (χ0) is 17.0. The van der Waals surface area contributed by atoms with Crippen LogP contribution in [0.3, 0.4) is 0 Å². The summed E-state index contributed by atoms with van der Waals surface area (Å²) in [5.41, 5.74) is 3.98. The van der Waals surface area contributed by atoms with Gasteiger partial charge in [-0.05, 0) is 51.5 Å². The molecule has 7 heteroatoms. The molecule has 0 radical (unpaired) electrons. The summed E-state index contributed by atoms with van der Waals surface area (Å²) in [5.74, 6) is 0.542. The average molecular weight is 351 g/mol. The Hall–Kier alpha value is -2.21. The first-order valence-electron chi connectivity index (χ1n) is 7.88. The number of aromatic nitrogens is 2. The van der Waals surface area contributed by atoms with Gasteiger partial charge in [0, 0.05) is 43.3 Å². The molecule has 132 valence electrons. The second kappa shape index (κ2) is 8.59. The summed E-state index contributed by atoms with van der Waals surface area (Å²) < 4.78 is 1.72. The highest BCUT2D eigenvalue weighted by Gasteiger charge is 2.09. The van der Waals surface area contributed by atoms with Gasteiger partial charge in [0.2, 0.25) is 0 Å². The Morgan fingerprint density at radius 2 is 1.83 bits per heavy atom. The fourth-order valence-electron chi connectivity index (χ4n) is 2.47. The van der Waals surface area contributed by atoms with Gasteiger partial charge in [0.05, 0.1) is 0 Å². The van der Waals surface area contributed by atoms with Crippen molar-refractivity contribution in [3.05, 3.63) is 35.5 Å². The highest BCUT2D eigenvalue weighted by molar-refractivity contribution is 5.99. The molecule has 0 atom stereocenters. The van der Waals surface area contributed by atoms with E-state index in [1.807, 2.05) is 39.1 Å². The molecular weight excluding hydrogens is 326 g/mol. The third kappa shape index (κ3) is 4.64. The van der Waals surface area contributed by atoms with Crippen LogP contribution >= 0.6 is 0 Å². The molecule has 2 aromatic rings. The SMILES string of the molecule is CCN(CC)c1ccc(NC(=O)Nc2cc(C)n(C)n2)c(C)c1.[Cl-]. The van der Waals surface area contributed by atoms with E-state index in [0.29, 0.717) is 5.82 Å². The van der Waals surface area contributed by atoms with Crippen LogP contribution in [-0.2, 0) is 7.05 Å². The van der Waals surface area contributed by atoms with Crippen LogP contribution < -0.4 is 27.9 Å². The van der Waals surface area contributed by atoms with E-state index >= 15 is 0 Å². The van der Waals surface area contributed by atoms with Crippen molar-refractivity contribution in [3.8, 4) is 0 Å². The Balaban J connectivity index is 0.00000288. The maximum Gasteiger partial charge on any atom is 0.324 e. The number of anilines is 3. The molecule has 1 aromatic carbocycles. The molecule has 0 unspecified atom stereocenters. The van der Waals surface area contributed by atoms with Crippen molar-refractivity contribution in [1.29, 1.82) is 0 Å². The molecule has 2 rings (SSSR count). The van der Waals surface area contributed by atoms with Crippen molar-refractivity contribution in [2.45, 2.75) is 27.7 Å². The van der Waals surface area contributed by atoms with Gasteiger partial charge in [0.1, 0.15) is 0 Å². The molecule has 0 aliphatic carbocycles. The van der Waals surface area contributed by atoms with E-state index in [1.165, 1.54) is 5.69 Å². The average Bonchev–Trinajstić information content (AvgIpc) is 2.81. The van der Waals surface area contributed by atoms with Gasteiger partial charge in [-0.25, -0.2) is 4.79 Å². The van der Waals surface area contributed by atoms with Crippen LogP contribution in [0.4, 0.5) is 22.0 Å². The maximum absolute atomic E-state index is 12.1. The summed E-state index contributed by atoms with van der Waals surface area (Å²) in [6.45, 7) is 10.1. The van der Waals surface area contributed by atoms with Gasteiger partial charge >= 0.3 is 6.03 Å². The number of carbonyl (C=O) groups excluding carboxylic acids is 1. The van der Waals surface area contributed by atoms with Crippen LogP contribution in [0.5, 0.6) is 0 Å². The Bertz CT molecular complexity index is 675. The van der Waals surface area contributed by atoms with E-state index in [4.69, 9.17) is 0 Å². The monoisotopic (exact) mass is 350 g/mol. The van der Waals surface area contributed by atoms with E-state index in [1.54, 1.807) is 4.68 Å². The summed E-state index contributed by atoms with van der Waals surface area (Å²) in [6, 6.07) is 7.60. The van der Waals surface area contributed by atoms with Crippen molar-refractivity contribution in [1.82, 2.24) is 9.78 Å². The molecule has 1 aromatic heterocycles. The van der Waals surface area contributed by atoms with Crippen molar-refractivity contribution in [2.24, 2.45) is 7.05 Å². The van der Waals surface area contributed by atoms with Crippen LogP contribution in [0.15, 0.2) is 24.3 Å². The molecule has 2 N–H and O–H groups in total. The summed E-state index contributed by atoms with van der Waals surface area (Å²) >= 11 is 0. The number of halogens is 1. The molecule has 0 fully saturated rings. The molecule has 6 nitrogen and oxygen atoms in total. The van der Waals surface area contributed by atoms with E-state index in [-0.39, 0.29) is 18.4 Å². The molecule has 0 saturated heterocycles. The van der Waals surface area contributed by atoms with Gasteiger partial charge in [-0.3, -0.25) is 10.00 Å². The number of aryl methyl sites for hydroxylation is 3. The summed E-state index contributed by atoms with van der Waals surface area (Å²) in [7, 11) is 1.84. The quantitative estimate of drug-likeness (QED) is 0.827. The highest BCUT2D eigenvalue weighted by Crippen LogP contribution is 2.22. The highest BCUT2D eigenvalue weighted by atomic mass is 35.5. The van der Waals surface area contributed by atoms with Crippen molar-refractivity contribution < 1.29 is 17.2 Å². The molecule has 0 saturated carbocycles. The number of amides is 2. The summed E-state index contributed by atoms with van der Waals surface area (Å²) in [5, 5.41) is 9.83. The minimum absolute atomic E-state index is 0. The van der Waals surface area contributed by atoms with Crippen LogP contribution in [0.1, 0.15) is 25.1 Å². The zero-order valence-corrected chi connectivity index (χ0v) is 15.6. The lowest BCUT2D eigenvalue weighted by molar-refractivity contribution is -0.00000803. The van der Waals surface area contributed by atoms with Crippen molar-refractivity contribution in [3.63, 3.8) is 0 Å². The molecule has 1 heterocycles. The third-order valence-corrected chi connectivity index (χ3v) is 3.94. The van der Waals surface area contributed by atoms with Crippen LogP contribution in [0.2, 0.25) is 0 Å². The number of rotatable bonds is 5. The minimum atomic E-state index is -0.290. The predicted octanol–water partition coefficient (Wildman–Crippen LogP) is 0.531. The van der Waals surface area contributed by atoms with Gasteiger partial charge in [-0.2, -0.15) is 5.10 Å². The number of hydrogen-bond donors (Lipinski definition) is 2. The maximum atomic E-state index is 12.1. The fourth-order valence-corrected chi connectivity index (χ4v) is 2.47. The first-order chi connectivity index (χ1) is 10.9. The number of urea groups is 1. The molecule has 0 spiro atoms. The van der Waals surface area contributed by atoms with E-state index < -0.39 is 0 Å². The van der Waals surface area contributed by atoms with Gasteiger partial charge in [-0.1, -0.05) is 0 Å². The lowest BCUT2D eigenvalue weighted by Gasteiger charge is -2.22. The van der Waals surface area contributed by atoms with Crippen molar-refractivity contribution >= 4 is 23.2 Å². The fraction of sp³-hybridized carbons (Fsp3) is 0.412. The molecule has 0 aliphatic rings. The lowest BCUT2D eigenvalue weighted by Crippen LogP contribution is -3.00. The van der Waals surface area contributed by atoms with Crippen LogP contribution in [0.25, 0.3) is 0 Å². The first-order valence-corrected chi connectivity index (χ1v) is 7.88. The zero-order valence-electron chi connectivity index (χ0n) is 14.9. The van der Waals surface area contributed by atoms with Gasteiger partial charge in [-0.15, -0.1) is 0 Å². The number of hydrogen-bond acceptors (Lipinski definition) is 3. The molecule has 2 amide bonds. The second-order valence-electron chi connectivity index (χ2n) is 5.55. The van der Waals surface area contributed by atoms with Gasteiger partial charge in [0.25, 0.3) is 0 Å². The Kier molecular flexibility index (Phi) is 7.10. The molecular formula is C17H25ClN5O-. The Labute approximate surface area is 149 Å². The normalized spacial score (nSPS) is 10.0. The largest absolute Gasteiger partial charge is 1.00 e. The smallest absolute Gasteiger partial charge is 0.324 e. The van der Waals surface area contributed by atoms with E-state index in [0.717, 1.165) is 30.0 Å². The van der Waals surface area contributed by atoms with Crippen LogP contribution in [-0.4, -0.2) is 28.9 Å². The minimum Gasteiger partial charge on any atom is -1.00 e. The molecule has 0 bridgehead atoms. The lowest BCUT2D eigenvalue weighted by atomic mass is 10.1. The van der Waals surface area contributed by atoms with Crippen LogP contribution in [0, 0.1) is 13.8 Å². The number of nitrogens with zero attached hydrogens (tertiary/aromatic N) is 3. The Morgan fingerprint density at radius 1 is 1.17 bits per heavy atom. The number of carbonyl (C=O) groups is 1. The standard InChI is InChI=1S/C17H25N5O.ClH/c1-6-22(7-2)14-8-9-15(12(3)10-14)18-17(23)19-16-11-13(4)21(5)20-16;/h8-11H,6-7H2,1-5H3,(H2,18,19,20,23);1H/p-1. The topological polar surface area (TPSA) is 62.2 Å². The summed E-state index contributed by atoms with van der Waals surface area (Å²) in [4.78, 5) is 14.4. The molecule has 0 aliphatic heterocycles. The van der Waals surface area contributed by atoms with E-state index in [9.17, 15) is 4.79 Å². The van der Waals surface area contributed by atoms with Gasteiger partial charge < -0.3 is 22.6 Å². The summed E-state index contributed by atoms with van der Waals surface area (Å²) in [6.07, 6.45) is 0. The number of benzene rings is 1. The van der Waals surface area contributed by atoms with Gasteiger partial charge in [0.15, 0.2) is 5.82 Å². The Morgan fingerprint density at radius 3 is 2.33 bits per heavy atom. The second-order valence-corrected chi connectivity index (χ2v) is 5.55. The van der Waals surface area contributed by atoms with E-state index in [2.05, 4.69) is 40.5 Å².